The summed E-state index contributed by atoms with van der Waals surface area (Å²) in [6, 6.07) is 0. The van der Waals surface area contributed by atoms with Crippen molar-refractivity contribution in [1.82, 2.24) is 5.43 Å². The van der Waals surface area contributed by atoms with Crippen molar-refractivity contribution in [3.05, 3.63) is 0 Å². The molecule has 0 heterocycles. The number of nitrogens with zero attached hydrogens (tertiary/aromatic N) is 1. The van der Waals surface area contributed by atoms with Crippen LogP contribution in [0.5, 0.6) is 0 Å². The molecule has 0 aliphatic heterocycles. The summed E-state index contributed by atoms with van der Waals surface area (Å²) in [7, 11) is 0. The first kappa shape index (κ1) is 14.8. The van der Waals surface area contributed by atoms with Gasteiger partial charge in [0.1, 0.15) is 18.3 Å². The van der Waals surface area contributed by atoms with Crippen LogP contribution in [0.15, 0.2) is 5.10 Å². The highest BCUT2D eigenvalue weighted by Gasteiger charge is 2.22. The highest BCUT2D eigenvalue weighted by atomic mass is 32.2. The van der Waals surface area contributed by atoms with Crippen LogP contribution < -0.4 is 5.43 Å². The molecule has 0 aromatic heterocycles. The Labute approximate surface area is 97.0 Å². The standard InChI is InChI=1S/C7H14N2O4S2/c1-15-7(14)9-8-2-4(11)6(13)5(12)3-10/h2,4-6,10-13H,3H2,1H3,(H,9,14)/b8-2+/t4-,5-,6+/m1/s1. The Hall–Kier alpha value is -0.250. The molecule has 15 heavy (non-hydrogen) atoms. The Morgan fingerprint density at radius 3 is 2.60 bits per heavy atom. The predicted molar refractivity (Wildman–Crippen MR) is 62.8 cm³/mol. The van der Waals surface area contributed by atoms with Crippen molar-refractivity contribution >= 4 is 34.5 Å². The first-order valence-corrected chi connectivity index (χ1v) is 5.68. The summed E-state index contributed by atoms with van der Waals surface area (Å²) >= 11 is 6.02. The van der Waals surface area contributed by atoms with Crippen molar-refractivity contribution in [2.24, 2.45) is 5.10 Å². The molecule has 0 fully saturated rings. The van der Waals surface area contributed by atoms with Gasteiger partial charge in [-0.05, 0) is 6.26 Å². The maximum Gasteiger partial charge on any atom is 0.153 e. The molecule has 0 spiro atoms. The minimum Gasteiger partial charge on any atom is -0.394 e. The number of thiocarbonyl (C=S) groups is 1. The molecule has 3 atom stereocenters. The largest absolute Gasteiger partial charge is 0.394 e. The number of aliphatic hydroxyl groups excluding tert-OH is 4. The smallest absolute Gasteiger partial charge is 0.153 e. The third-order valence-corrected chi connectivity index (χ3v) is 2.55. The molecule has 0 saturated heterocycles. The van der Waals surface area contributed by atoms with Crippen LogP contribution in [-0.2, 0) is 0 Å². The summed E-state index contributed by atoms with van der Waals surface area (Å²) in [6.07, 6.45) is -1.51. The Morgan fingerprint density at radius 2 is 2.13 bits per heavy atom. The fourth-order valence-corrected chi connectivity index (χ4v) is 0.832. The SMILES string of the molecule is CSC(=S)N/N=C/[C@@H](O)[C@H](O)[C@H](O)CO. The highest BCUT2D eigenvalue weighted by Crippen LogP contribution is 1.98. The Kier molecular flexibility index (Phi) is 7.83. The maximum absolute atomic E-state index is 9.24. The van der Waals surface area contributed by atoms with Crippen LogP contribution in [0, 0.1) is 0 Å². The fraction of sp³-hybridized carbons (Fsp3) is 0.714. The number of rotatable bonds is 5. The van der Waals surface area contributed by atoms with Gasteiger partial charge in [-0.1, -0.05) is 24.0 Å². The van der Waals surface area contributed by atoms with Crippen molar-refractivity contribution in [1.29, 1.82) is 0 Å². The van der Waals surface area contributed by atoms with Crippen LogP contribution in [-0.4, -0.2) is 62.1 Å². The Morgan fingerprint density at radius 1 is 1.53 bits per heavy atom. The van der Waals surface area contributed by atoms with Gasteiger partial charge in [-0.25, -0.2) is 0 Å². The Balaban J connectivity index is 4.00. The number of hydrogen-bond acceptors (Lipinski definition) is 7. The Bertz CT molecular complexity index is 227. The second kappa shape index (κ2) is 7.97. The predicted octanol–water partition coefficient (Wildman–Crippen LogP) is -1.72. The van der Waals surface area contributed by atoms with E-state index in [2.05, 4.69) is 10.5 Å². The van der Waals surface area contributed by atoms with Gasteiger partial charge in [-0.3, -0.25) is 5.43 Å². The first-order valence-electron chi connectivity index (χ1n) is 4.05. The van der Waals surface area contributed by atoms with Crippen molar-refractivity contribution in [3.8, 4) is 0 Å². The van der Waals surface area contributed by atoms with Gasteiger partial charge in [-0.15, -0.1) is 0 Å². The summed E-state index contributed by atoms with van der Waals surface area (Å²) < 4.78 is 0.413. The van der Waals surface area contributed by atoms with E-state index in [9.17, 15) is 10.2 Å². The summed E-state index contributed by atoms with van der Waals surface area (Å²) in [5.41, 5.74) is 2.42. The molecule has 5 N–H and O–H groups in total. The average molecular weight is 254 g/mol. The number of hydrazone groups is 1. The van der Waals surface area contributed by atoms with Crippen molar-refractivity contribution in [2.75, 3.05) is 12.9 Å². The van der Waals surface area contributed by atoms with Crippen molar-refractivity contribution in [3.63, 3.8) is 0 Å². The molecule has 0 amide bonds. The number of hydrogen-bond donors (Lipinski definition) is 5. The molecule has 0 saturated carbocycles. The molecule has 0 aliphatic rings. The number of thioether (sulfide) groups is 1. The van der Waals surface area contributed by atoms with Crippen LogP contribution >= 0.6 is 24.0 Å². The lowest BCUT2D eigenvalue weighted by Crippen LogP contribution is -2.40. The number of aliphatic hydroxyl groups is 4. The van der Waals surface area contributed by atoms with E-state index in [0.29, 0.717) is 4.32 Å². The van der Waals surface area contributed by atoms with E-state index in [1.165, 1.54) is 11.8 Å². The topological polar surface area (TPSA) is 105 Å². The zero-order valence-electron chi connectivity index (χ0n) is 8.07. The summed E-state index contributed by atoms with van der Waals surface area (Å²) in [6.45, 7) is -0.636. The van der Waals surface area contributed by atoms with Gasteiger partial charge in [-0.2, -0.15) is 5.10 Å². The lowest BCUT2D eigenvalue weighted by molar-refractivity contribution is -0.0542. The fourth-order valence-electron chi connectivity index (χ4n) is 0.636. The molecule has 0 radical (unpaired) electrons. The van der Waals surface area contributed by atoms with Gasteiger partial charge >= 0.3 is 0 Å². The maximum atomic E-state index is 9.24. The summed E-state index contributed by atoms with van der Waals surface area (Å²) in [4.78, 5) is 0. The molecule has 0 aliphatic carbocycles. The second-order valence-corrected chi connectivity index (χ2v) is 4.10. The van der Waals surface area contributed by atoms with E-state index in [4.69, 9.17) is 22.4 Å². The molecular formula is C7H14N2O4S2. The first-order chi connectivity index (χ1) is 7.02. The monoisotopic (exact) mass is 254 g/mol. The summed E-state index contributed by atoms with van der Waals surface area (Å²) in [5.74, 6) is 0. The minimum absolute atomic E-state index is 0.413. The molecule has 8 heteroatoms. The molecule has 6 nitrogen and oxygen atoms in total. The van der Waals surface area contributed by atoms with Crippen LogP contribution in [0.2, 0.25) is 0 Å². The van der Waals surface area contributed by atoms with E-state index in [0.717, 1.165) is 6.21 Å². The quantitative estimate of drug-likeness (QED) is 0.226. The molecule has 0 bridgehead atoms. The van der Waals surface area contributed by atoms with E-state index < -0.39 is 24.9 Å². The second-order valence-electron chi connectivity index (χ2n) is 2.61. The number of nitrogens with one attached hydrogen (secondary N) is 1. The van der Waals surface area contributed by atoms with Gasteiger partial charge in [0.2, 0.25) is 0 Å². The van der Waals surface area contributed by atoms with Crippen LogP contribution in [0.3, 0.4) is 0 Å². The molecule has 0 aromatic carbocycles. The van der Waals surface area contributed by atoms with Crippen molar-refractivity contribution in [2.45, 2.75) is 18.3 Å². The van der Waals surface area contributed by atoms with Crippen LogP contribution in [0.25, 0.3) is 0 Å². The average Bonchev–Trinajstić information content (AvgIpc) is 2.26. The van der Waals surface area contributed by atoms with Gasteiger partial charge < -0.3 is 20.4 Å². The molecule has 0 rings (SSSR count). The molecule has 0 unspecified atom stereocenters. The van der Waals surface area contributed by atoms with Crippen LogP contribution in [0.4, 0.5) is 0 Å². The highest BCUT2D eigenvalue weighted by molar-refractivity contribution is 8.22. The van der Waals surface area contributed by atoms with Gasteiger partial charge in [0.15, 0.2) is 4.32 Å². The third-order valence-electron chi connectivity index (χ3n) is 1.50. The molecule has 88 valence electrons. The van der Waals surface area contributed by atoms with E-state index in [1.807, 2.05) is 0 Å². The van der Waals surface area contributed by atoms with Gasteiger partial charge in [0.05, 0.1) is 12.8 Å². The van der Waals surface area contributed by atoms with Crippen LogP contribution in [0.1, 0.15) is 0 Å². The third kappa shape index (κ3) is 6.03. The van der Waals surface area contributed by atoms with E-state index in [1.54, 1.807) is 6.26 Å². The minimum atomic E-state index is -1.48. The zero-order chi connectivity index (χ0) is 11.8. The lowest BCUT2D eigenvalue weighted by atomic mass is 10.1. The van der Waals surface area contributed by atoms with Crippen molar-refractivity contribution < 1.29 is 20.4 Å². The summed E-state index contributed by atoms with van der Waals surface area (Å²) in [5, 5.41) is 39.5. The van der Waals surface area contributed by atoms with E-state index >= 15 is 0 Å². The molecular weight excluding hydrogens is 240 g/mol. The van der Waals surface area contributed by atoms with E-state index in [-0.39, 0.29) is 0 Å². The van der Waals surface area contributed by atoms with Gasteiger partial charge in [0.25, 0.3) is 0 Å². The van der Waals surface area contributed by atoms with Gasteiger partial charge in [0, 0.05) is 0 Å². The lowest BCUT2D eigenvalue weighted by Gasteiger charge is -2.17. The normalized spacial score (nSPS) is 17.4. The molecule has 0 aromatic rings. The zero-order valence-corrected chi connectivity index (χ0v) is 9.70.